The van der Waals surface area contributed by atoms with E-state index in [1.807, 2.05) is 0 Å². The Balaban J connectivity index is 2.23. The van der Waals surface area contributed by atoms with Gasteiger partial charge in [0.1, 0.15) is 18.1 Å². The van der Waals surface area contributed by atoms with Crippen LogP contribution in [0.25, 0.3) is 10.9 Å². The van der Waals surface area contributed by atoms with Crippen LogP contribution in [0.3, 0.4) is 0 Å². The second-order valence-electron chi connectivity index (χ2n) is 8.99. The van der Waals surface area contributed by atoms with Gasteiger partial charge >= 0.3 is 5.97 Å². The van der Waals surface area contributed by atoms with Gasteiger partial charge in [0.15, 0.2) is 5.96 Å². The van der Waals surface area contributed by atoms with Crippen molar-refractivity contribution in [2.45, 2.75) is 49.9 Å². The molecule has 2 rings (SSSR count). The van der Waals surface area contributed by atoms with Gasteiger partial charge in [0, 0.05) is 30.1 Å². The molecule has 4 unspecified atom stereocenters. The summed E-state index contributed by atoms with van der Waals surface area (Å²) in [6, 6.07) is 1.63. The molecular formula is C24H35N9O7. The predicted molar refractivity (Wildman–Crippen MR) is 144 cm³/mol. The highest BCUT2D eigenvalue weighted by Gasteiger charge is 2.31. The molecule has 4 atom stereocenters. The van der Waals surface area contributed by atoms with E-state index in [0.717, 1.165) is 10.9 Å². The molecule has 14 N–H and O–H groups in total. The van der Waals surface area contributed by atoms with E-state index in [-0.39, 0.29) is 25.3 Å². The van der Waals surface area contributed by atoms with Crippen LogP contribution >= 0.6 is 0 Å². The number of aliphatic hydroxyl groups is 1. The molecule has 16 nitrogen and oxygen atoms in total. The summed E-state index contributed by atoms with van der Waals surface area (Å²) in [6.07, 6.45) is 1.45. The Morgan fingerprint density at radius 3 is 2.17 bits per heavy atom. The van der Waals surface area contributed by atoms with Gasteiger partial charge in [-0.1, -0.05) is 18.2 Å². The fraction of sp³-hybridized carbons (Fsp3) is 0.417. The Morgan fingerprint density at radius 1 is 0.925 bits per heavy atom. The van der Waals surface area contributed by atoms with Gasteiger partial charge < -0.3 is 54.1 Å². The van der Waals surface area contributed by atoms with Gasteiger partial charge in [0.25, 0.3) is 0 Å². The van der Waals surface area contributed by atoms with Crippen molar-refractivity contribution in [1.29, 1.82) is 0 Å². The highest BCUT2D eigenvalue weighted by Crippen LogP contribution is 2.19. The van der Waals surface area contributed by atoms with Crippen LogP contribution in [0.2, 0.25) is 0 Å². The molecule has 0 radical (unpaired) electrons. The summed E-state index contributed by atoms with van der Waals surface area (Å²) in [7, 11) is 0. The van der Waals surface area contributed by atoms with Crippen LogP contribution in [0.5, 0.6) is 0 Å². The topological polar surface area (TPSA) is 294 Å². The van der Waals surface area contributed by atoms with Crippen molar-refractivity contribution >= 4 is 46.5 Å². The monoisotopic (exact) mass is 561 g/mol. The van der Waals surface area contributed by atoms with Crippen LogP contribution in [0.15, 0.2) is 35.5 Å². The summed E-state index contributed by atoms with van der Waals surface area (Å²) >= 11 is 0. The summed E-state index contributed by atoms with van der Waals surface area (Å²) in [4.78, 5) is 68.7. The van der Waals surface area contributed by atoms with Crippen LogP contribution in [0.1, 0.15) is 24.8 Å². The molecule has 40 heavy (non-hydrogen) atoms. The summed E-state index contributed by atoms with van der Waals surface area (Å²) in [5.41, 5.74) is 23.0. The lowest BCUT2D eigenvalue weighted by Gasteiger charge is -2.24. The second-order valence-corrected chi connectivity index (χ2v) is 8.99. The molecule has 1 aromatic heterocycles. The number of carboxylic acids is 1. The number of aromatic nitrogens is 1. The van der Waals surface area contributed by atoms with Gasteiger partial charge in [0.2, 0.25) is 23.6 Å². The number of hydrogen-bond acceptors (Lipinski definition) is 8. The van der Waals surface area contributed by atoms with Gasteiger partial charge in [-0.05, 0) is 24.5 Å². The fourth-order valence-electron chi connectivity index (χ4n) is 3.80. The van der Waals surface area contributed by atoms with Crippen LogP contribution < -0.4 is 38.9 Å². The van der Waals surface area contributed by atoms with Crippen molar-refractivity contribution < 1.29 is 34.2 Å². The molecule has 0 aliphatic carbocycles. The Hall–Kier alpha value is -4.70. The maximum Gasteiger partial charge on any atom is 0.328 e. The average Bonchev–Trinajstić information content (AvgIpc) is 3.30. The lowest BCUT2D eigenvalue weighted by atomic mass is 10.0. The first-order valence-electron chi connectivity index (χ1n) is 12.3. The number of para-hydroxylation sites is 1. The highest BCUT2D eigenvalue weighted by atomic mass is 16.4. The molecule has 0 saturated carbocycles. The number of carboxylic acid groups (broad SMARTS) is 1. The van der Waals surface area contributed by atoms with Gasteiger partial charge in [-0.25, -0.2) is 4.79 Å². The minimum Gasteiger partial charge on any atom is -0.480 e. The Kier molecular flexibility index (Phi) is 11.8. The zero-order chi connectivity index (χ0) is 29.8. The quantitative estimate of drug-likeness (QED) is 0.0547. The number of nitrogens with two attached hydrogens (primary N) is 4. The van der Waals surface area contributed by atoms with Gasteiger partial charge in [0.05, 0.1) is 19.1 Å². The first kappa shape index (κ1) is 31.5. The Labute approximate surface area is 228 Å². The van der Waals surface area contributed by atoms with Crippen LogP contribution in [-0.2, 0) is 30.4 Å². The molecule has 1 aromatic carbocycles. The number of hydrogen-bond donors (Lipinski definition) is 10. The molecule has 2 aromatic rings. The summed E-state index contributed by atoms with van der Waals surface area (Å²) < 4.78 is 0. The molecule has 1 heterocycles. The molecule has 0 spiro atoms. The van der Waals surface area contributed by atoms with E-state index in [1.165, 1.54) is 0 Å². The summed E-state index contributed by atoms with van der Waals surface area (Å²) in [5.74, 6) is -5.12. The largest absolute Gasteiger partial charge is 0.480 e. The van der Waals surface area contributed by atoms with Gasteiger partial charge in [-0.3, -0.25) is 24.2 Å². The third-order valence-electron chi connectivity index (χ3n) is 5.87. The minimum atomic E-state index is -1.63. The van der Waals surface area contributed by atoms with E-state index in [1.54, 1.807) is 30.5 Å². The smallest absolute Gasteiger partial charge is 0.328 e. The summed E-state index contributed by atoms with van der Waals surface area (Å²) in [6.45, 7) is -0.666. The number of carbonyl (C=O) groups excluding carboxylic acids is 4. The number of rotatable bonds is 16. The van der Waals surface area contributed by atoms with Crippen molar-refractivity contribution in [3.05, 3.63) is 36.0 Å². The minimum absolute atomic E-state index is 0.0963. The number of aromatic amines is 1. The third kappa shape index (κ3) is 9.55. The van der Waals surface area contributed by atoms with E-state index in [2.05, 4.69) is 25.9 Å². The van der Waals surface area contributed by atoms with Crippen LogP contribution in [0, 0.1) is 0 Å². The number of aliphatic imine (C=N–C) groups is 1. The first-order chi connectivity index (χ1) is 18.9. The summed E-state index contributed by atoms with van der Waals surface area (Å²) in [5, 5.41) is 26.3. The number of H-pyrrole nitrogens is 1. The zero-order valence-electron chi connectivity index (χ0n) is 21.6. The molecule has 0 fully saturated rings. The molecule has 0 bridgehead atoms. The predicted octanol–water partition coefficient (Wildman–Crippen LogP) is -3.50. The van der Waals surface area contributed by atoms with E-state index >= 15 is 0 Å². The number of nitrogens with one attached hydrogen (secondary N) is 4. The van der Waals surface area contributed by atoms with E-state index in [9.17, 15) is 34.2 Å². The number of amides is 4. The number of aliphatic carboxylic acids is 1. The van der Waals surface area contributed by atoms with Crippen molar-refractivity contribution in [3.8, 4) is 0 Å². The number of guanidine groups is 1. The highest BCUT2D eigenvalue weighted by molar-refractivity contribution is 5.96. The average molecular weight is 562 g/mol. The number of primary amides is 1. The lowest BCUT2D eigenvalue weighted by Crippen LogP contribution is -2.58. The molecule has 16 heteroatoms. The maximum atomic E-state index is 13.2. The normalized spacial score (nSPS) is 13.8. The van der Waals surface area contributed by atoms with Crippen LogP contribution in [-0.4, -0.2) is 88.1 Å². The number of aliphatic hydroxyl groups excluding tert-OH is 1. The molecule has 0 aliphatic rings. The Morgan fingerprint density at radius 2 is 1.55 bits per heavy atom. The SMILES string of the molecule is NC(=O)CC(NC(=O)C(N)CCCN=C(N)N)C(=O)NC(Cc1c[nH]c2ccccc12)C(=O)NC(CO)C(=O)O. The van der Waals surface area contributed by atoms with Crippen molar-refractivity contribution in [3.63, 3.8) is 0 Å². The lowest BCUT2D eigenvalue weighted by molar-refractivity contribution is -0.143. The standard InChI is InChI=1S/C24H35N9O7/c25-14(5-3-7-29-24(27)28)20(36)31-17(9-19(26)35)22(38)32-16(21(37)33-18(11-34)23(39)40)8-12-10-30-15-6-2-1-4-13(12)15/h1-2,4,6,10,14,16-18,30,34H,3,5,7-9,11,25H2,(H2,26,35)(H,31,36)(H,32,38)(H,33,37)(H,39,40)(H4,27,28,29). The zero-order valence-corrected chi connectivity index (χ0v) is 21.6. The van der Waals surface area contributed by atoms with Gasteiger partial charge in [-0.15, -0.1) is 0 Å². The molecule has 0 aliphatic heterocycles. The maximum absolute atomic E-state index is 13.2. The fourth-order valence-corrected chi connectivity index (χ4v) is 3.80. The van der Waals surface area contributed by atoms with E-state index < -0.39 is 66.8 Å². The second kappa shape index (κ2) is 15.0. The number of benzene rings is 1. The van der Waals surface area contributed by atoms with E-state index in [4.69, 9.17) is 22.9 Å². The van der Waals surface area contributed by atoms with Crippen LogP contribution in [0.4, 0.5) is 0 Å². The number of fused-ring (bicyclic) bond motifs is 1. The molecular weight excluding hydrogens is 526 g/mol. The van der Waals surface area contributed by atoms with Crippen molar-refractivity contribution in [2.24, 2.45) is 27.9 Å². The molecule has 4 amide bonds. The number of nitrogens with zero attached hydrogens (tertiary/aromatic N) is 1. The third-order valence-corrected chi connectivity index (χ3v) is 5.87. The van der Waals surface area contributed by atoms with Crippen molar-refractivity contribution in [2.75, 3.05) is 13.2 Å². The Bertz CT molecular complexity index is 1240. The molecule has 218 valence electrons. The molecule has 0 saturated heterocycles. The first-order valence-corrected chi connectivity index (χ1v) is 12.3. The van der Waals surface area contributed by atoms with E-state index in [0.29, 0.717) is 12.0 Å². The van der Waals surface area contributed by atoms with Crippen molar-refractivity contribution in [1.82, 2.24) is 20.9 Å². The number of carbonyl (C=O) groups is 5. The van der Waals surface area contributed by atoms with Gasteiger partial charge in [-0.2, -0.15) is 0 Å².